The van der Waals surface area contributed by atoms with Crippen molar-refractivity contribution in [3.05, 3.63) is 108 Å². The van der Waals surface area contributed by atoms with Crippen molar-refractivity contribution in [2.75, 3.05) is 11.6 Å². The summed E-state index contributed by atoms with van der Waals surface area (Å²) in [7, 11) is -3.52. The summed E-state index contributed by atoms with van der Waals surface area (Å²) < 4.78 is 41.0. The number of anilines is 1. The number of rotatable bonds is 2. The average molecular weight is 443 g/mol. The predicted molar refractivity (Wildman–Crippen MR) is 123 cm³/mol. The van der Waals surface area contributed by atoms with Crippen LogP contribution >= 0.6 is 7.37 Å². The Bertz CT molecular complexity index is 1370. The Labute approximate surface area is 185 Å². The Morgan fingerprint density at radius 1 is 0.781 bits per heavy atom. The Balaban J connectivity index is 1.60. The zero-order valence-corrected chi connectivity index (χ0v) is 17.9. The first kappa shape index (κ1) is 19.1. The van der Waals surface area contributed by atoms with Gasteiger partial charge in [0.2, 0.25) is 0 Å². The van der Waals surface area contributed by atoms with Crippen LogP contribution in [0.3, 0.4) is 0 Å². The molecule has 4 aromatic carbocycles. The van der Waals surface area contributed by atoms with Crippen LogP contribution in [-0.4, -0.2) is 6.73 Å². The summed E-state index contributed by atoms with van der Waals surface area (Å²) in [4.78, 5) is 1.90. The molecule has 2 aliphatic heterocycles. The molecule has 0 aromatic heterocycles. The van der Waals surface area contributed by atoms with E-state index in [1.54, 1.807) is 12.1 Å². The van der Waals surface area contributed by atoms with Gasteiger partial charge in [0.25, 0.3) is 0 Å². The smallest absolute Gasteiger partial charge is 0.304 e. The molecule has 2 heterocycles. The first-order valence-electron chi connectivity index (χ1n) is 10.4. The SMILES string of the molecule is O=P1(C2c3ccccc3OCN2c2ccc(F)cc2)Oc2ccccc2-c2ccccc21. The van der Waals surface area contributed by atoms with E-state index in [-0.39, 0.29) is 12.5 Å². The molecule has 0 N–H and O–H groups in total. The van der Waals surface area contributed by atoms with E-state index in [0.29, 0.717) is 22.5 Å². The minimum absolute atomic E-state index is 0.171. The second kappa shape index (κ2) is 7.25. The lowest BCUT2D eigenvalue weighted by atomic mass is 10.0. The number of halogens is 1. The maximum atomic E-state index is 15.0. The van der Waals surface area contributed by atoms with Crippen molar-refractivity contribution in [3.63, 3.8) is 0 Å². The molecule has 4 aromatic rings. The minimum Gasteiger partial charge on any atom is -0.473 e. The van der Waals surface area contributed by atoms with Gasteiger partial charge in [-0.1, -0.05) is 54.6 Å². The summed E-state index contributed by atoms with van der Waals surface area (Å²) in [5.74, 6) is 0.305. The Morgan fingerprint density at radius 2 is 1.44 bits per heavy atom. The van der Waals surface area contributed by atoms with Gasteiger partial charge in [-0.05, 0) is 48.0 Å². The number of hydrogen-bond donors (Lipinski definition) is 0. The summed E-state index contributed by atoms with van der Waals surface area (Å²) in [6.07, 6.45) is 0. The van der Waals surface area contributed by atoms with Crippen LogP contribution in [-0.2, 0) is 4.57 Å². The van der Waals surface area contributed by atoms with E-state index in [1.165, 1.54) is 12.1 Å². The molecule has 32 heavy (non-hydrogen) atoms. The van der Waals surface area contributed by atoms with Gasteiger partial charge in [0.15, 0.2) is 12.5 Å². The van der Waals surface area contributed by atoms with Gasteiger partial charge in [0.05, 0.1) is 5.30 Å². The van der Waals surface area contributed by atoms with Crippen LogP contribution in [0, 0.1) is 5.82 Å². The fourth-order valence-corrected chi connectivity index (χ4v) is 7.42. The van der Waals surface area contributed by atoms with Gasteiger partial charge < -0.3 is 14.2 Å². The molecule has 0 bridgehead atoms. The number of fused-ring (bicyclic) bond motifs is 4. The highest BCUT2D eigenvalue weighted by Gasteiger charge is 2.49. The molecular weight excluding hydrogens is 424 g/mol. The van der Waals surface area contributed by atoms with Crippen molar-refractivity contribution in [1.29, 1.82) is 0 Å². The standard InChI is InChI=1S/C26H19FNO3P/c27-18-13-15-19(16-14-18)28-17-30-23-10-4-2-9-22(23)26(28)32(29)25-12-6-3-8-21(25)20-7-1-5-11-24(20)31-32/h1-16,26H,17H2. The van der Waals surface area contributed by atoms with Gasteiger partial charge >= 0.3 is 7.37 Å². The Kier molecular flexibility index (Phi) is 4.34. The summed E-state index contributed by atoms with van der Waals surface area (Å²) in [6, 6.07) is 29.1. The lowest BCUT2D eigenvalue weighted by molar-refractivity contribution is 0.281. The lowest BCUT2D eigenvalue weighted by Gasteiger charge is -2.43. The van der Waals surface area contributed by atoms with Gasteiger partial charge in [-0.3, -0.25) is 4.57 Å². The van der Waals surface area contributed by atoms with Crippen molar-refractivity contribution in [3.8, 4) is 22.6 Å². The monoisotopic (exact) mass is 443 g/mol. The third kappa shape index (κ3) is 2.85. The fourth-order valence-electron chi connectivity index (χ4n) is 4.54. The second-order valence-electron chi connectivity index (χ2n) is 7.83. The number of nitrogens with zero attached hydrogens (tertiary/aromatic N) is 1. The Hall–Kier alpha value is -3.56. The highest BCUT2D eigenvalue weighted by Crippen LogP contribution is 2.66. The van der Waals surface area contributed by atoms with Crippen LogP contribution in [0.25, 0.3) is 11.1 Å². The van der Waals surface area contributed by atoms with Gasteiger partial charge in [-0.2, -0.15) is 0 Å². The number of hydrogen-bond acceptors (Lipinski definition) is 4. The van der Waals surface area contributed by atoms with E-state index in [2.05, 4.69) is 0 Å². The Morgan fingerprint density at radius 3 is 2.25 bits per heavy atom. The predicted octanol–water partition coefficient (Wildman–Crippen LogP) is 6.34. The molecule has 0 aliphatic carbocycles. The van der Waals surface area contributed by atoms with Crippen LogP contribution in [0.4, 0.5) is 10.1 Å². The van der Waals surface area contributed by atoms with Crippen LogP contribution < -0.4 is 19.5 Å². The molecule has 2 unspecified atom stereocenters. The van der Waals surface area contributed by atoms with Crippen molar-refractivity contribution < 1.29 is 18.2 Å². The summed E-state index contributed by atoms with van der Waals surface area (Å²) in [5.41, 5.74) is 3.31. The van der Waals surface area contributed by atoms with E-state index in [9.17, 15) is 8.96 Å². The summed E-state index contributed by atoms with van der Waals surface area (Å²) in [5, 5.41) is 0.674. The van der Waals surface area contributed by atoms with Gasteiger partial charge in [0, 0.05) is 16.8 Å². The molecule has 0 fully saturated rings. The zero-order chi connectivity index (χ0) is 21.7. The van der Waals surface area contributed by atoms with Gasteiger partial charge in [-0.15, -0.1) is 0 Å². The largest absolute Gasteiger partial charge is 0.473 e. The molecule has 6 rings (SSSR count). The van der Waals surface area contributed by atoms with E-state index >= 15 is 0 Å². The summed E-state index contributed by atoms with van der Waals surface area (Å²) in [6.45, 7) is 0.171. The maximum Gasteiger partial charge on any atom is 0.304 e. The summed E-state index contributed by atoms with van der Waals surface area (Å²) >= 11 is 0. The third-order valence-electron chi connectivity index (χ3n) is 5.98. The van der Waals surface area contributed by atoms with E-state index in [4.69, 9.17) is 9.26 Å². The lowest BCUT2D eigenvalue weighted by Crippen LogP contribution is -2.40. The molecule has 2 atom stereocenters. The molecule has 0 amide bonds. The molecular formula is C26H19FNO3P. The second-order valence-corrected chi connectivity index (χ2v) is 10.2. The molecule has 4 nitrogen and oxygen atoms in total. The molecule has 6 heteroatoms. The zero-order valence-electron chi connectivity index (χ0n) is 17.0. The minimum atomic E-state index is -3.52. The molecule has 0 saturated heterocycles. The highest BCUT2D eigenvalue weighted by molar-refractivity contribution is 7.68. The molecule has 158 valence electrons. The van der Waals surface area contributed by atoms with Crippen LogP contribution in [0.1, 0.15) is 11.3 Å². The average Bonchev–Trinajstić information content (AvgIpc) is 2.84. The molecule has 2 aliphatic rings. The van der Waals surface area contributed by atoms with Crippen molar-refractivity contribution >= 4 is 18.4 Å². The van der Waals surface area contributed by atoms with Gasteiger partial charge in [-0.25, -0.2) is 4.39 Å². The van der Waals surface area contributed by atoms with Gasteiger partial charge in [0.1, 0.15) is 17.3 Å². The van der Waals surface area contributed by atoms with E-state index in [1.807, 2.05) is 77.7 Å². The highest BCUT2D eigenvalue weighted by atomic mass is 31.2. The van der Waals surface area contributed by atoms with Crippen LogP contribution in [0.15, 0.2) is 97.1 Å². The molecule has 0 saturated carbocycles. The third-order valence-corrected chi connectivity index (χ3v) is 8.71. The number of benzene rings is 4. The molecule has 0 spiro atoms. The van der Waals surface area contributed by atoms with Crippen LogP contribution in [0.5, 0.6) is 11.5 Å². The van der Waals surface area contributed by atoms with E-state index in [0.717, 1.165) is 16.7 Å². The maximum absolute atomic E-state index is 15.0. The number of para-hydroxylation sites is 2. The van der Waals surface area contributed by atoms with E-state index < -0.39 is 13.2 Å². The van der Waals surface area contributed by atoms with Crippen molar-refractivity contribution in [2.24, 2.45) is 0 Å². The van der Waals surface area contributed by atoms with Crippen LogP contribution in [0.2, 0.25) is 0 Å². The molecule has 0 radical (unpaired) electrons. The fraction of sp³-hybridized carbons (Fsp3) is 0.0769. The topological polar surface area (TPSA) is 38.8 Å². The number of ether oxygens (including phenoxy) is 1. The van der Waals surface area contributed by atoms with Crippen molar-refractivity contribution in [2.45, 2.75) is 5.78 Å². The van der Waals surface area contributed by atoms with Crippen molar-refractivity contribution in [1.82, 2.24) is 0 Å². The quantitative estimate of drug-likeness (QED) is 0.339. The first-order valence-corrected chi connectivity index (χ1v) is 12.1. The first-order chi connectivity index (χ1) is 15.6. The normalized spacial score (nSPS) is 20.9.